The van der Waals surface area contributed by atoms with Crippen LogP contribution in [0, 0.1) is 18.8 Å². The smallest absolute Gasteiger partial charge is 0.329 e. The Hall–Kier alpha value is -4.58. The molecule has 4 rings (SSSR count). The number of ether oxygens (including phenoxy) is 1. The number of aryl methyl sites for hydroxylation is 1. The third-order valence-corrected chi connectivity index (χ3v) is 15.0. The van der Waals surface area contributed by atoms with Gasteiger partial charge in [0, 0.05) is 32.5 Å². The number of benzene rings is 2. The number of rotatable bonds is 17. The van der Waals surface area contributed by atoms with Gasteiger partial charge < -0.3 is 28.9 Å². The summed E-state index contributed by atoms with van der Waals surface area (Å²) >= 11 is 0. The maximum Gasteiger partial charge on any atom is 0.329 e. The van der Waals surface area contributed by atoms with Crippen molar-refractivity contribution in [2.24, 2.45) is 11.8 Å². The largest absolute Gasteiger partial charge is 0.460 e. The van der Waals surface area contributed by atoms with Crippen molar-refractivity contribution in [3.63, 3.8) is 0 Å². The van der Waals surface area contributed by atoms with Crippen LogP contribution in [0.15, 0.2) is 107 Å². The quantitative estimate of drug-likeness (QED) is 0.0709. The lowest BCUT2D eigenvalue weighted by atomic mass is 9.94. The predicted octanol–water partition coefficient (Wildman–Crippen LogP) is 6.29. The molecular formula is C44H59N3O7Si. The Morgan fingerprint density at radius 2 is 1.67 bits per heavy atom. The van der Waals surface area contributed by atoms with Gasteiger partial charge >= 0.3 is 5.97 Å². The SMILES string of the molecule is CC(/C=C/CNC(=O)/C=C/[C@@H](C)[C@H](OC(=O)[C@H]1CCCN1C(=O)c1coc(C)n1)C(C)C)=C\[C@H](CCO)O[Si](c1ccccc1)(c1ccccc1)C(C)(C)C. The number of aliphatic hydroxyl groups is 1. The maximum absolute atomic E-state index is 13.3. The molecule has 0 radical (unpaired) electrons. The third kappa shape index (κ3) is 11.2. The number of hydrogen-bond acceptors (Lipinski definition) is 8. The van der Waals surface area contributed by atoms with E-state index >= 15 is 0 Å². The van der Waals surface area contributed by atoms with Crippen molar-refractivity contribution < 1.29 is 33.1 Å². The van der Waals surface area contributed by atoms with Gasteiger partial charge in [-0.15, -0.1) is 0 Å². The monoisotopic (exact) mass is 769 g/mol. The number of aromatic nitrogens is 1. The topological polar surface area (TPSA) is 131 Å². The Morgan fingerprint density at radius 1 is 1.04 bits per heavy atom. The number of likely N-dealkylation sites (tertiary alicyclic amines) is 1. The Balaban J connectivity index is 1.36. The summed E-state index contributed by atoms with van der Waals surface area (Å²) in [4.78, 5) is 44.8. The van der Waals surface area contributed by atoms with Gasteiger partial charge in [0.05, 0.1) is 6.10 Å². The lowest BCUT2D eigenvalue weighted by Crippen LogP contribution is -2.67. The molecule has 0 unspecified atom stereocenters. The zero-order chi connectivity index (χ0) is 40.2. The van der Waals surface area contributed by atoms with Crippen molar-refractivity contribution in [1.29, 1.82) is 0 Å². The van der Waals surface area contributed by atoms with E-state index in [1.807, 2.05) is 52.0 Å². The highest BCUT2D eigenvalue weighted by Gasteiger charge is 2.51. The molecule has 296 valence electrons. The number of aliphatic hydroxyl groups excluding tert-OH is 1. The molecule has 2 amide bonds. The van der Waals surface area contributed by atoms with E-state index in [9.17, 15) is 19.5 Å². The molecule has 4 atom stereocenters. The van der Waals surface area contributed by atoms with Gasteiger partial charge in [-0.3, -0.25) is 9.59 Å². The second-order valence-corrected chi connectivity index (χ2v) is 19.9. The molecule has 1 fully saturated rings. The predicted molar refractivity (Wildman–Crippen MR) is 218 cm³/mol. The summed E-state index contributed by atoms with van der Waals surface area (Å²) in [6.45, 7) is 16.9. The zero-order valence-electron chi connectivity index (χ0n) is 33.7. The summed E-state index contributed by atoms with van der Waals surface area (Å²) in [5.74, 6) is -0.969. The minimum absolute atomic E-state index is 0.0176. The number of carbonyl (C=O) groups excluding carboxylic acids is 3. The van der Waals surface area contributed by atoms with Gasteiger partial charge in [-0.1, -0.05) is 132 Å². The molecule has 55 heavy (non-hydrogen) atoms. The van der Waals surface area contributed by atoms with Crippen LogP contribution in [-0.4, -0.2) is 79.0 Å². The molecule has 0 bridgehead atoms. The number of allylic oxidation sites excluding steroid dienone is 2. The number of amides is 2. The first-order chi connectivity index (χ1) is 26.2. The number of esters is 1. The summed E-state index contributed by atoms with van der Waals surface area (Å²) in [5, 5.41) is 15.1. The number of nitrogens with zero attached hydrogens (tertiary/aromatic N) is 2. The van der Waals surface area contributed by atoms with E-state index in [4.69, 9.17) is 13.6 Å². The fourth-order valence-electron chi connectivity index (χ4n) is 7.31. The van der Waals surface area contributed by atoms with Crippen LogP contribution in [0.5, 0.6) is 0 Å². The molecule has 2 heterocycles. The third-order valence-electron chi connectivity index (χ3n) is 9.98. The molecule has 1 aliphatic rings. The van der Waals surface area contributed by atoms with Crippen LogP contribution in [0.1, 0.15) is 84.1 Å². The van der Waals surface area contributed by atoms with E-state index in [0.717, 1.165) is 5.57 Å². The first-order valence-corrected chi connectivity index (χ1v) is 21.2. The first kappa shape index (κ1) is 43.1. The van der Waals surface area contributed by atoms with Crippen molar-refractivity contribution in [2.45, 2.75) is 97.9 Å². The number of carbonyl (C=O) groups is 3. The van der Waals surface area contributed by atoms with Gasteiger partial charge in [-0.25, -0.2) is 9.78 Å². The molecule has 1 saturated heterocycles. The van der Waals surface area contributed by atoms with Crippen molar-refractivity contribution in [3.05, 3.63) is 114 Å². The van der Waals surface area contributed by atoms with Crippen LogP contribution < -0.4 is 15.7 Å². The van der Waals surface area contributed by atoms with Gasteiger partial charge in [0.15, 0.2) is 11.6 Å². The average molecular weight is 770 g/mol. The fourth-order valence-corrected chi connectivity index (χ4v) is 12.0. The van der Waals surface area contributed by atoms with Gasteiger partial charge in [-0.05, 0) is 53.6 Å². The van der Waals surface area contributed by atoms with Crippen molar-refractivity contribution in [3.8, 4) is 0 Å². The summed E-state index contributed by atoms with van der Waals surface area (Å²) in [7, 11) is -2.83. The Labute approximate surface area is 327 Å². The highest BCUT2D eigenvalue weighted by atomic mass is 28.4. The van der Waals surface area contributed by atoms with Gasteiger partial charge in [0.2, 0.25) is 5.91 Å². The van der Waals surface area contributed by atoms with Gasteiger partial charge in [0.1, 0.15) is 18.4 Å². The molecule has 0 aliphatic carbocycles. The highest BCUT2D eigenvalue weighted by Crippen LogP contribution is 2.38. The molecule has 1 aliphatic heterocycles. The molecule has 2 aromatic carbocycles. The standard InChI is InChI=1S/C44H59N3O7Si/c1-31(2)41(53-43(51)39-22-16-27-47(39)42(50)38-30-52-34(5)46-38)33(4)23-24-40(49)45-26-15-17-32(3)29-35(25-28-48)54-55(44(6,7)8,36-18-11-9-12-19-36)37-20-13-10-14-21-37/h9-15,17-21,23-24,29-31,33,35,39,41,48H,16,22,25-28H2,1-8H3,(H,45,49)/b17-15+,24-23+,32-29+/t33-,35+,39-,41-/m1/s1. The summed E-state index contributed by atoms with van der Waals surface area (Å²) in [6, 6.07) is 20.2. The van der Waals surface area contributed by atoms with Crippen molar-refractivity contribution in [2.75, 3.05) is 19.7 Å². The fraction of sp³-hybridized carbons (Fsp3) is 0.455. The second-order valence-electron chi connectivity index (χ2n) is 15.7. The van der Waals surface area contributed by atoms with Crippen molar-refractivity contribution >= 4 is 36.5 Å². The Bertz CT molecular complexity index is 1760. The zero-order valence-corrected chi connectivity index (χ0v) is 34.7. The van der Waals surface area contributed by atoms with E-state index in [-0.39, 0.29) is 47.1 Å². The van der Waals surface area contributed by atoms with Crippen LogP contribution in [0.2, 0.25) is 5.04 Å². The Kier molecular flexibility index (Phi) is 15.6. The van der Waals surface area contributed by atoms with Gasteiger partial charge in [-0.2, -0.15) is 0 Å². The lowest BCUT2D eigenvalue weighted by molar-refractivity contribution is -0.158. The minimum atomic E-state index is -2.83. The van der Waals surface area contributed by atoms with Crippen LogP contribution in [0.25, 0.3) is 0 Å². The highest BCUT2D eigenvalue weighted by molar-refractivity contribution is 6.99. The summed E-state index contributed by atoms with van der Waals surface area (Å²) < 4.78 is 18.4. The number of oxazole rings is 1. The molecule has 2 N–H and O–H groups in total. The van der Waals surface area contributed by atoms with Crippen molar-refractivity contribution in [1.82, 2.24) is 15.2 Å². The summed E-state index contributed by atoms with van der Waals surface area (Å²) in [5.41, 5.74) is 1.13. The van der Waals surface area contributed by atoms with E-state index < -0.39 is 26.4 Å². The normalized spacial score (nSPS) is 17.2. The minimum Gasteiger partial charge on any atom is -0.460 e. The number of nitrogens with one attached hydrogen (secondary N) is 1. The van der Waals surface area contributed by atoms with E-state index in [1.165, 1.54) is 27.6 Å². The number of hydrogen-bond donors (Lipinski definition) is 2. The molecule has 0 saturated carbocycles. The van der Waals surface area contributed by atoms with Crippen LogP contribution in [0.4, 0.5) is 0 Å². The van der Waals surface area contributed by atoms with E-state index in [0.29, 0.717) is 38.2 Å². The average Bonchev–Trinajstić information content (AvgIpc) is 3.83. The summed E-state index contributed by atoms with van der Waals surface area (Å²) in [6.07, 6.45) is 11.2. The lowest BCUT2D eigenvalue weighted by Gasteiger charge is -2.44. The van der Waals surface area contributed by atoms with E-state index in [1.54, 1.807) is 13.0 Å². The molecular weight excluding hydrogens is 711 g/mol. The second kappa shape index (κ2) is 19.8. The first-order valence-electron chi connectivity index (χ1n) is 19.3. The van der Waals surface area contributed by atoms with Gasteiger partial charge in [0.25, 0.3) is 14.2 Å². The molecule has 11 heteroatoms. The molecule has 10 nitrogen and oxygen atoms in total. The maximum atomic E-state index is 13.3. The molecule has 0 spiro atoms. The molecule has 3 aromatic rings. The van der Waals surface area contributed by atoms with E-state index in [2.05, 4.69) is 85.7 Å². The van der Waals surface area contributed by atoms with Crippen LogP contribution in [-0.2, 0) is 18.8 Å². The van der Waals surface area contributed by atoms with Crippen LogP contribution in [0.3, 0.4) is 0 Å². The van der Waals surface area contributed by atoms with Crippen LogP contribution >= 0.6 is 0 Å². The molecule has 1 aromatic heterocycles. The Morgan fingerprint density at radius 3 is 2.22 bits per heavy atom.